The molecule has 1 aliphatic heterocycles. The molecular weight excluding hydrogens is 284 g/mol. The molecule has 2 rings (SSSR count). The normalized spacial score (nSPS) is 14.2. The van der Waals surface area contributed by atoms with Crippen LogP contribution in [0.5, 0.6) is 0 Å². The molecular formula is C12H10N2O7. The highest BCUT2D eigenvalue weighted by molar-refractivity contribution is 6.01. The average molecular weight is 294 g/mol. The van der Waals surface area contributed by atoms with Gasteiger partial charge in [0.05, 0.1) is 4.92 Å². The molecule has 9 heteroatoms. The average Bonchev–Trinajstić information content (AvgIpc) is 2.77. The minimum atomic E-state index is -1.23. The van der Waals surface area contributed by atoms with Crippen molar-refractivity contribution in [2.75, 3.05) is 0 Å². The first-order valence-corrected chi connectivity index (χ1v) is 5.91. The second kappa shape index (κ2) is 5.99. The fourth-order valence-corrected chi connectivity index (χ4v) is 1.66. The standard InChI is InChI=1S/C12H10N2O7/c15-10-4-5-11(16)13(10)21-12(17)20-7-8-2-1-3-9(6-8)14(18)19/h1-3,6H,4-5,7H2. The highest BCUT2D eigenvalue weighted by Gasteiger charge is 2.33. The number of imide groups is 1. The fraction of sp³-hybridized carbons (Fsp3) is 0.250. The Labute approximate surface area is 118 Å². The van der Waals surface area contributed by atoms with Crippen LogP contribution in [0.4, 0.5) is 10.5 Å². The van der Waals surface area contributed by atoms with Gasteiger partial charge in [-0.25, -0.2) is 4.79 Å². The predicted octanol–water partition coefficient (Wildman–Crippen LogP) is 1.31. The van der Waals surface area contributed by atoms with Crippen LogP contribution in [0.1, 0.15) is 18.4 Å². The quantitative estimate of drug-likeness (QED) is 0.355. The van der Waals surface area contributed by atoms with Crippen molar-refractivity contribution in [2.24, 2.45) is 0 Å². The van der Waals surface area contributed by atoms with Crippen molar-refractivity contribution in [1.82, 2.24) is 5.06 Å². The summed E-state index contributed by atoms with van der Waals surface area (Å²) in [7, 11) is 0. The van der Waals surface area contributed by atoms with Gasteiger partial charge < -0.3 is 4.74 Å². The number of amides is 2. The topological polar surface area (TPSA) is 116 Å². The van der Waals surface area contributed by atoms with Crippen molar-refractivity contribution in [2.45, 2.75) is 19.4 Å². The van der Waals surface area contributed by atoms with E-state index in [1.54, 1.807) is 0 Å². The van der Waals surface area contributed by atoms with Gasteiger partial charge in [0.15, 0.2) is 0 Å². The van der Waals surface area contributed by atoms with Crippen molar-refractivity contribution in [3.8, 4) is 0 Å². The van der Waals surface area contributed by atoms with Crippen molar-refractivity contribution < 1.29 is 28.9 Å². The molecule has 0 spiro atoms. The van der Waals surface area contributed by atoms with Gasteiger partial charge in [0, 0.05) is 25.0 Å². The van der Waals surface area contributed by atoms with Gasteiger partial charge in [0.1, 0.15) is 6.61 Å². The lowest BCUT2D eigenvalue weighted by Gasteiger charge is -2.12. The zero-order valence-electron chi connectivity index (χ0n) is 10.7. The first kappa shape index (κ1) is 14.4. The molecule has 1 aromatic carbocycles. The number of hydrogen-bond donors (Lipinski definition) is 0. The molecule has 0 radical (unpaired) electrons. The predicted molar refractivity (Wildman–Crippen MR) is 65.5 cm³/mol. The van der Waals surface area contributed by atoms with Crippen LogP contribution < -0.4 is 0 Å². The van der Waals surface area contributed by atoms with E-state index in [2.05, 4.69) is 4.84 Å². The number of hydrogen-bond acceptors (Lipinski definition) is 7. The summed E-state index contributed by atoms with van der Waals surface area (Å²) in [4.78, 5) is 48.3. The lowest BCUT2D eigenvalue weighted by Crippen LogP contribution is -2.32. The Balaban J connectivity index is 1.89. The summed E-state index contributed by atoms with van der Waals surface area (Å²) in [6.45, 7) is -0.281. The number of nitro groups is 1. The van der Waals surface area contributed by atoms with Crippen LogP contribution in [-0.4, -0.2) is 28.0 Å². The van der Waals surface area contributed by atoms with Gasteiger partial charge in [-0.3, -0.25) is 24.5 Å². The Morgan fingerprint density at radius 1 is 1.29 bits per heavy atom. The first-order valence-electron chi connectivity index (χ1n) is 5.91. The van der Waals surface area contributed by atoms with Gasteiger partial charge in [-0.2, -0.15) is 0 Å². The number of rotatable bonds is 4. The second-order valence-corrected chi connectivity index (χ2v) is 4.14. The number of carbonyl (C=O) groups excluding carboxylic acids is 3. The molecule has 0 N–H and O–H groups in total. The molecule has 1 heterocycles. The summed E-state index contributed by atoms with van der Waals surface area (Å²) < 4.78 is 4.69. The molecule has 2 amide bonds. The smallest absolute Gasteiger partial charge is 0.428 e. The third kappa shape index (κ3) is 3.53. The van der Waals surface area contributed by atoms with Crippen molar-refractivity contribution >= 4 is 23.7 Å². The maximum Gasteiger partial charge on any atom is 0.534 e. The lowest BCUT2D eigenvalue weighted by molar-refractivity contribution is -0.384. The molecule has 9 nitrogen and oxygen atoms in total. The minimum absolute atomic E-state index is 0.0169. The van der Waals surface area contributed by atoms with E-state index in [1.165, 1.54) is 24.3 Å². The summed E-state index contributed by atoms with van der Waals surface area (Å²) in [5.74, 6) is -1.24. The van der Waals surface area contributed by atoms with Gasteiger partial charge in [0.2, 0.25) is 0 Å². The van der Waals surface area contributed by atoms with E-state index in [-0.39, 0.29) is 25.1 Å². The Hall–Kier alpha value is -2.97. The summed E-state index contributed by atoms with van der Waals surface area (Å²) in [5.41, 5.74) is 0.231. The number of nitrogens with zero attached hydrogens (tertiary/aromatic N) is 2. The Morgan fingerprint density at radius 2 is 1.95 bits per heavy atom. The maximum absolute atomic E-state index is 11.4. The number of non-ortho nitro benzene ring substituents is 1. The highest BCUT2D eigenvalue weighted by Crippen LogP contribution is 2.15. The number of benzene rings is 1. The maximum atomic E-state index is 11.4. The first-order chi connectivity index (χ1) is 9.97. The second-order valence-electron chi connectivity index (χ2n) is 4.14. The van der Waals surface area contributed by atoms with Crippen LogP contribution in [0.3, 0.4) is 0 Å². The highest BCUT2D eigenvalue weighted by atomic mass is 16.8. The monoisotopic (exact) mass is 294 g/mol. The van der Waals surface area contributed by atoms with Gasteiger partial charge in [0.25, 0.3) is 17.5 Å². The molecule has 0 aliphatic carbocycles. The zero-order valence-corrected chi connectivity index (χ0v) is 10.7. The van der Waals surface area contributed by atoms with Crippen LogP contribution in [0.2, 0.25) is 0 Å². The van der Waals surface area contributed by atoms with Crippen LogP contribution >= 0.6 is 0 Å². The molecule has 0 atom stereocenters. The Morgan fingerprint density at radius 3 is 2.57 bits per heavy atom. The molecule has 21 heavy (non-hydrogen) atoms. The van der Waals surface area contributed by atoms with E-state index in [1.807, 2.05) is 0 Å². The molecule has 1 saturated heterocycles. The van der Waals surface area contributed by atoms with Crippen molar-refractivity contribution in [1.29, 1.82) is 0 Å². The largest absolute Gasteiger partial charge is 0.534 e. The third-order valence-electron chi connectivity index (χ3n) is 2.65. The fourth-order valence-electron chi connectivity index (χ4n) is 1.66. The number of hydroxylamine groups is 2. The SMILES string of the molecule is O=C(OCc1cccc([N+](=O)[O-])c1)ON1C(=O)CCC1=O. The molecule has 110 valence electrons. The number of carbonyl (C=O) groups is 3. The van der Waals surface area contributed by atoms with Gasteiger partial charge >= 0.3 is 6.16 Å². The molecule has 1 fully saturated rings. The molecule has 1 aromatic rings. The van der Waals surface area contributed by atoms with E-state index in [9.17, 15) is 24.5 Å². The number of ether oxygens (including phenoxy) is 1. The summed E-state index contributed by atoms with van der Waals surface area (Å²) >= 11 is 0. The van der Waals surface area contributed by atoms with Gasteiger partial charge in [-0.05, 0) is 5.56 Å². The lowest BCUT2D eigenvalue weighted by atomic mass is 10.2. The van der Waals surface area contributed by atoms with E-state index in [0.29, 0.717) is 10.6 Å². The summed E-state index contributed by atoms with van der Waals surface area (Å²) in [6.07, 6.45) is -1.27. The van der Waals surface area contributed by atoms with E-state index >= 15 is 0 Å². The molecule has 1 aliphatic rings. The molecule has 0 unspecified atom stereocenters. The summed E-state index contributed by atoms with van der Waals surface area (Å²) in [6, 6.07) is 5.49. The summed E-state index contributed by atoms with van der Waals surface area (Å²) in [5, 5.41) is 10.9. The Kier molecular flexibility index (Phi) is 4.12. The van der Waals surface area contributed by atoms with Crippen LogP contribution in [0, 0.1) is 10.1 Å². The Bertz CT molecular complexity index is 597. The third-order valence-corrected chi connectivity index (χ3v) is 2.65. The van der Waals surface area contributed by atoms with Crippen LogP contribution in [0.15, 0.2) is 24.3 Å². The van der Waals surface area contributed by atoms with Crippen molar-refractivity contribution in [3.05, 3.63) is 39.9 Å². The minimum Gasteiger partial charge on any atom is -0.428 e. The van der Waals surface area contributed by atoms with E-state index in [4.69, 9.17) is 4.74 Å². The van der Waals surface area contributed by atoms with Crippen LogP contribution in [0.25, 0.3) is 0 Å². The van der Waals surface area contributed by atoms with E-state index in [0.717, 1.165) is 0 Å². The van der Waals surface area contributed by atoms with E-state index < -0.39 is 22.9 Å². The molecule has 0 saturated carbocycles. The molecule has 0 aromatic heterocycles. The zero-order chi connectivity index (χ0) is 15.4. The molecule has 0 bridgehead atoms. The van der Waals surface area contributed by atoms with Crippen molar-refractivity contribution in [3.63, 3.8) is 0 Å². The van der Waals surface area contributed by atoms with Gasteiger partial charge in [-0.15, -0.1) is 0 Å². The number of nitro benzene ring substituents is 1. The van der Waals surface area contributed by atoms with Crippen LogP contribution in [-0.2, 0) is 25.8 Å². The van der Waals surface area contributed by atoms with Gasteiger partial charge in [-0.1, -0.05) is 17.2 Å².